The Balaban J connectivity index is 1.54. The number of halogens is 1. The van der Waals surface area contributed by atoms with Crippen LogP contribution < -0.4 is 9.47 Å². The smallest absolute Gasteiger partial charge is 0.410 e. The van der Waals surface area contributed by atoms with E-state index in [1.165, 1.54) is 0 Å². The van der Waals surface area contributed by atoms with E-state index in [1.54, 1.807) is 11.0 Å². The van der Waals surface area contributed by atoms with Crippen LogP contribution in [0, 0.1) is 17.8 Å². The molecule has 6 unspecified atom stereocenters. The largest absolute Gasteiger partial charge is 0.492 e. The lowest BCUT2D eigenvalue weighted by Gasteiger charge is -2.59. The fourth-order valence-electron chi connectivity index (χ4n) is 9.00. The molecule has 2 heterocycles. The predicted molar refractivity (Wildman–Crippen MR) is 225 cm³/mol. The lowest BCUT2D eigenvalue weighted by atomic mass is 9.55. The second-order valence-corrected chi connectivity index (χ2v) is 15.9. The highest BCUT2D eigenvalue weighted by atomic mass is 35.5. The summed E-state index contributed by atoms with van der Waals surface area (Å²) in [6.07, 6.45) is 8.19. The Morgan fingerprint density at radius 3 is 2.53 bits per heavy atom. The van der Waals surface area contributed by atoms with Crippen LogP contribution in [0.15, 0.2) is 78.0 Å². The first-order valence-electron chi connectivity index (χ1n) is 21.2. The number of amides is 1. The third-order valence-electron chi connectivity index (χ3n) is 11.7. The topological polar surface area (TPSA) is 152 Å². The van der Waals surface area contributed by atoms with Gasteiger partial charge in [0, 0.05) is 57.3 Å². The molecule has 2 aromatic rings. The van der Waals surface area contributed by atoms with E-state index in [9.17, 15) is 20.1 Å². The molecule has 0 spiro atoms. The van der Waals surface area contributed by atoms with Crippen LogP contribution in [-0.4, -0.2) is 134 Å². The molecule has 13 nitrogen and oxygen atoms in total. The summed E-state index contributed by atoms with van der Waals surface area (Å²) in [6, 6.07) is 15.0. The van der Waals surface area contributed by atoms with Crippen LogP contribution in [0.5, 0.6) is 11.5 Å². The highest BCUT2D eigenvalue weighted by Gasteiger charge is 2.65. The van der Waals surface area contributed by atoms with Crippen LogP contribution in [0.25, 0.3) is 0 Å². The molecule has 2 aliphatic carbocycles. The van der Waals surface area contributed by atoms with Crippen molar-refractivity contribution in [2.45, 2.75) is 69.3 Å². The van der Waals surface area contributed by atoms with Gasteiger partial charge >= 0.3 is 6.09 Å². The highest BCUT2D eigenvalue weighted by molar-refractivity contribution is 6.18. The number of unbranched alkanes of at least 4 members (excludes halogenated alkanes) is 2. The number of ether oxygens (including phenoxy) is 5. The van der Waals surface area contributed by atoms with Gasteiger partial charge in [-0.25, -0.2) is 4.79 Å². The van der Waals surface area contributed by atoms with Crippen LogP contribution in [0.4, 0.5) is 4.79 Å². The van der Waals surface area contributed by atoms with E-state index in [1.807, 2.05) is 42.5 Å². The second-order valence-electron chi connectivity index (χ2n) is 15.6. The highest BCUT2D eigenvalue weighted by Crippen LogP contribution is 2.62. The van der Waals surface area contributed by atoms with E-state index in [4.69, 9.17) is 45.3 Å². The molecule has 0 radical (unpaired) electrons. The molecule has 1 saturated heterocycles. The zero-order valence-electron chi connectivity index (χ0n) is 34.1. The number of hydrogen-bond acceptors (Lipinski definition) is 12. The molecular formula is C45H62ClN3O10. The van der Waals surface area contributed by atoms with E-state index in [0.29, 0.717) is 30.9 Å². The lowest BCUT2D eigenvalue weighted by Crippen LogP contribution is -2.70. The molecule has 6 atom stereocenters. The average Bonchev–Trinajstić information content (AvgIpc) is 4.09. The first kappa shape index (κ1) is 44.9. The maximum absolute atomic E-state index is 14.2. The Kier molecular flexibility index (Phi) is 17.3. The minimum atomic E-state index is -1.46. The van der Waals surface area contributed by atoms with Gasteiger partial charge in [0.05, 0.1) is 43.9 Å². The van der Waals surface area contributed by atoms with Gasteiger partial charge < -0.3 is 43.8 Å². The van der Waals surface area contributed by atoms with E-state index < -0.39 is 23.8 Å². The quantitative estimate of drug-likeness (QED) is 0.0342. The Labute approximate surface area is 353 Å². The van der Waals surface area contributed by atoms with Gasteiger partial charge in [-0.05, 0) is 66.9 Å². The van der Waals surface area contributed by atoms with Crippen molar-refractivity contribution in [1.82, 2.24) is 9.80 Å². The first-order chi connectivity index (χ1) is 29.0. The second kappa shape index (κ2) is 22.8. The fraction of sp³-hybridized carbons (Fsp3) is 0.600. The molecule has 4 aliphatic rings. The number of carbonyl (C=O) groups excluding carboxylic acids is 1. The number of allylic oxidation sites excluding steroid dienone is 1. The molecule has 0 aromatic heterocycles. The lowest BCUT2D eigenvalue weighted by molar-refractivity contribution is -0.256. The van der Waals surface area contributed by atoms with Crippen molar-refractivity contribution < 1.29 is 48.6 Å². The number of aliphatic hydroxyl groups is 3. The number of rotatable bonds is 26. The van der Waals surface area contributed by atoms with Gasteiger partial charge in [0.25, 0.3) is 0 Å². The van der Waals surface area contributed by atoms with Crippen molar-refractivity contribution in [3.05, 3.63) is 84.0 Å². The van der Waals surface area contributed by atoms with Crippen molar-refractivity contribution in [1.29, 1.82) is 0 Å². The minimum absolute atomic E-state index is 0.00730. The van der Waals surface area contributed by atoms with E-state index in [2.05, 4.69) is 23.6 Å². The van der Waals surface area contributed by atoms with Crippen molar-refractivity contribution in [2.24, 2.45) is 22.9 Å². The van der Waals surface area contributed by atoms with Crippen LogP contribution in [0.2, 0.25) is 0 Å². The first-order valence-corrected chi connectivity index (χ1v) is 21.8. The number of alkyl halides is 1. The average molecular weight is 840 g/mol. The maximum atomic E-state index is 14.2. The van der Waals surface area contributed by atoms with Crippen molar-refractivity contribution >= 4 is 23.4 Å². The zero-order valence-corrected chi connectivity index (χ0v) is 34.9. The molecule has 1 amide bonds. The number of hydrogen-bond donors (Lipinski definition) is 3. The number of fused-ring (bicyclic) bond motifs is 2. The molecule has 14 heteroatoms. The molecule has 2 fully saturated rings. The van der Waals surface area contributed by atoms with Crippen molar-refractivity contribution in [3.8, 4) is 11.5 Å². The van der Waals surface area contributed by atoms with Gasteiger partial charge in [-0.1, -0.05) is 60.5 Å². The summed E-state index contributed by atoms with van der Waals surface area (Å²) in [7, 11) is 0. The number of nitrogens with zero attached hydrogens (tertiary/aromatic N) is 3. The maximum Gasteiger partial charge on any atom is 0.410 e. The molecule has 6 rings (SSSR count). The summed E-state index contributed by atoms with van der Waals surface area (Å²) < 4.78 is 32.1. The number of aliphatic hydroxyl groups excluding tert-OH is 3. The van der Waals surface area contributed by atoms with Crippen molar-refractivity contribution in [2.75, 3.05) is 84.9 Å². The van der Waals surface area contributed by atoms with Crippen molar-refractivity contribution in [3.63, 3.8) is 0 Å². The van der Waals surface area contributed by atoms with Crippen LogP contribution in [-0.2, 0) is 25.7 Å². The zero-order chi connectivity index (χ0) is 41.5. The van der Waals surface area contributed by atoms with Gasteiger partial charge in [0.15, 0.2) is 0 Å². The molecule has 3 N–H and O–H groups in total. The normalized spacial score (nSPS) is 25.0. The van der Waals surface area contributed by atoms with E-state index >= 15 is 0 Å². The van der Waals surface area contributed by atoms with Crippen LogP contribution in [0.3, 0.4) is 0 Å². The third-order valence-corrected chi connectivity index (χ3v) is 11.9. The summed E-state index contributed by atoms with van der Waals surface area (Å²) in [5.74, 6) is -0.519. The molecule has 324 valence electrons. The van der Waals surface area contributed by atoms with E-state index in [0.717, 1.165) is 67.8 Å². The predicted octanol–water partition coefficient (Wildman–Crippen LogP) is 5.90. The van der Waals surface area contributed by atoms with E-state index in [-0.39, 0.29) is 89.5 Å². The summed E-state index contributed by atoms with van der Waals surface area (Å²) in [4.78, 5) is 24.3. The van der Waals surface area contributed by atoms with Crippen LogP contribution >= 0.6 is 11.6 Å². The molecule has 2 aromatic carbocycles. The molecule has 1 saturated carbocycles. The van der Waals surface area contributed by atoms with Gasteiger partial charge in [0.1, 0.15) is 37.4 Å². The summed E-state index contributed by atoms with van der Waals surface area (Å²) in [6.45, 7) is 8.30. The molecule has 0 bridgehead atoms. The van der Waals surface area contributed by atoms with Gasteiger partial charge in [-0.2, -0.15) is 0 Å². The fourth-order valence-corrected chi connectivity index (χ4v) is 9.07. The molecule has 59 heavy (non-hydrogen) atoms. The van der Waals surface area contributed by atoms with Gasteiger partial charge in [-0.15, -0.1) is 18.2 Å². The summed E-state index contributed by atoms with van der Waals surface area (Å²) >= 11 is 6.04. The molecule has 2 aliphatic heterocycles. The Bertz CT molecular complexity index is 1690. The summed E-state index contributed by atoms with van der Waals surface area (Å²) in [5, 5.41) is 34.2. The number of benzene rings is 2. The standard InChI is InChI=1S/C45H62ClN3O10/c1-2-24-57-45-41(49(20-26-54-28-23-52)44(53)56-25-16-46)31-39(47-58-32-33-10-4-3-5-11-33)37-29-34(12-6-8-21-50)36(13-7-9-22-51)42(43(37)45)38-30-35(14-15-40(38)59-45)55-27-19-48-17-18-48/h2-5,10-11,14-15,29-30,34,36,41-43,50-52H,1,6-9,12-13,16-28,31-32H2. The summed E-state index contributed by atoms with van der Waals surface area (Å²) in [5.41, 5.74) is 3.54. The van der Waals surface area contributed by atoms with Gasteiger partial charge in [0.2, 0.25) is 5.79 Å². The number of oxime groups is 1. The number of carbonyl (C=O) groups is 1. The SMILES string of the molecule is C=CCOC12Oc3ccc(OCCN4CC4)cc3C3C(CCCCO)C(CCCCO)C=C(C(=NOCc4ccccc4)CC1N(CCOCCO)C(=O)OCCCl)C32. The molecular weight excluding hydrogens is 778 g/mol. The van der Waals surface area contributed by atoms with Gasteiger partial charge in [-0.3, -0.25) is 9.80 Å². The Hall–Kier alpha value is -3.69. The monoisotopic (exact) mass is 839 g/mol. The minimum Gasteiger partial charge on any atom is -0.492 e. The Morgan fingerprint density at radius 1 is 1.00 bits per heavy atom. The van der Waals surface area contributed by atoms with Crippen LogP contribution in [0.1, 0.15) is 62.0 Å². The third kappa shape index (κ3) is 11.4. The Morgan fingerprint density at radius 2 is 1.80 bits per heavy atom.